The molecule has 0 aromatic carbocycles. The molecular formula is C17H20N2O4. The number of aromatic nitrogens is 2. The van der Waals surface area contributed by atoms with Crippen molar-refractivity contribution in [2.75, 3.05) is 7.11 Å². The van der Waals surface area contributed by atoms with Gasteiger partial charge in [0.25, 0.3) is 11.6 Å². The van der Waals surface area contributed by atoms with Crippen LogP contribution in [0.15, 0.2) is 10.6 Å². The minimum absolute atomic E-state index is 0.130. The molecule has 0 atom stereocenters. The second-order valence-electron chi connectivity index (χ2n) is 6.41. The van der Waals surface area contributed by atoms with Crippen LogP contribution < -0.4 is 4.74 Å². The summed E-state index contributed by atoms with van der Waals surface area (Å²) in [6, 6.07) is 1.80. The zero-order valence-electron chi connectivity index (χ0n) is 13.2. The third-order valence-corrected chi connectivity index (χ3v) is 4.67. The highest BCUT2D eigenvalue weighted by molar-refractivity contribution is 6.04. The maximum absolute atomic E-state index is 12.2. The molecule has 2 aromatic rings. The van der Waals surface area contributed by atoms with Gasteiger partial charge >= 0.3 is 5.97 Å². The Kier molecular flexibility index (Phi) is 3.67. The highest BCUT2D eigenvalue weighted by atomic mass is 16.5. The first-order chi connectivity index (χ1) is 11.3. The molecule has 2 aliphatic rings. The van der Waals surface area contributed by atoms with E-state index < -0.39 is 5.97 Å². The van der Waals surface area contributed by atoms with Gasteiger partial charge in [0.05, 0.1) is 12.7 Å². The SMILES string of the molecule is COC(=O)c1cc(C2CC2)nc2onc(OC3CCCCC3)c12. The standard InChI is InChI=1S/C17H20N2O4/c1-21-17(20)12-9-13(10-7-8-10)18-15-14(12)16(19-23-15)22-11-5-3-2-4-6-11/h9-11H,2-8H2,1H3. The van der Waals surface area contributed by atoms with Gasteiger partial charge in [-0.15, -0.1) is 0 Å². The molecule has 0 N–H and O–H groups in total. The monoisotopic (exact) mass is 316 g/mol. The Morgan fingerprint density at radius 1 is 1.22 bits per heavy atom. The van der Waals surface area contributed by atoms with E-state index in [1.807, 2.05) is 0 Å². The van der Waals surface area contributed by atoms with Gasteiger partial charge in [0.15, 0.2) is 0 Å². The van der Waals surface area contributed by atoms with Crippen LogP contribution in [-0.4, -0.2) is 29.3 Å². The van der Waals surface area contributed by atoms with E-state index in [1.165, 1.54) is 13.5 Å². The fourth-order valence-electron chi connectivity index (χ4n) is 3.22. The topological polar surface area (TPSA) is 74.5 Å². The van der Waals surface area contributed by atoms with Gasteiger partial charge in [0, 0.05) is 11.6 Å². The van der Waals surface area contributed by atoms with E-state index in [4.69, 9.17) is 14.0 Å². The molecule has 0 radical (unpaired) electrons. The third kappa shape index (κ3) is 2.78. The molecule has 23 heavy (non-hydrogen) atoms. The van der Waals surface area contributed by atoms with Crippen LogP contribution in [0.25, 0.3) is 11.1 Å². The van der Waals surface area contributed by atoms with Crippen LogP contribution in [0.2, 0.25) is 0 Å². The van der Waals surface area contributed by atoms with Crippen molar-refractivity contribution < 1.29 is 18.8 Å². The van der Waals surface area contributed by atoms with Gasteiger partial charge in [-0.3, -0.25) is 0 Å². The lowest BCUT2D eigenvalue weighted by atomic mass is 9.98. The van der Waals surface area contributed by atoms with Crippen molar-refractivity contribution in [3.63, 3.8) is 0 Å². The zero-order valence-corrected chi connectivity index (χ0v) is 13.2. The Labute approximate surface area is 134 Å². The van der Waals surface area contributed by atoms with E-state index in [9.17, 15) is 4.79 Å². The summed E-state index contributed by atoms with van der Waals surface area (Å²) in [5, 5.41) is 4.55. The van der Waals surface area contributed by atoms with Crippen LogP contribution >= 0.6 is 0 Å². The summed E-state index contributed by atoms with van der Waals surface area (Å²) in [6.07, 6.45) is 7.91. The number of hydrogen-bond acceptors (Lipinski definition) is 6. The fraction of sp³-hybridized carbons (Fsp3) is 0.588. The molecule has 0 bridgehead atoms. The Morgan fingerprint density at radius 2 is 2.00 bits per heavy atom. The van der Waals surface area contributed by atoms with Gasteiger partial charge in [-0.1, -0.05) is 6.42 Å². The van der Waals surface area contributed by atoms with Crippen LogP contribution in [0.3, 0.4) is 0 Å². The van der Waals surface area contributed by atoms with Gasteiger partial charge in [-0.2, -0.15) is 0 Å². The van der Waals surface area contributed by atoms with Crippen molar-refractivity contribution in [2.45, 2.75) is 57.0 Å². The van der Waals surface area contributed by atoms with Gasteiger partial charge in [-0.05, 0) is 49.7 Å². The minimum atomic E-state index is -0.406. The second-order valence-corrected chi connectivity index (χ2v) is 6.41. The highest BCUT2D eigenvalue weighted by Crippen LogP contribution is 2.41. The summed E-state index contributed by atoms with van der Waals surface area (Å²) in [4.78, 5) is 16.7. The number of ether oxygens (including phenoxy) is 2. The van der Waals surface area contributed by atoms with E-state index in [-0.39, 0.29) is 6.10 Å². The molecule has 4 rings (SSSR count). The van der Waals surface area contributed by atoms with Crippen LogP contribution in [0.1, 0.15) is 66.9 Å². The first kappa shape index (κ1) is 14.5. The van der Waals surface area contributed by atoms with Crippen molar-refractivity contribution in [1.82, 2.24) is 10.1 Å². The van der Waals surface area contributed by atoms with Crippen molar-refractivity contribution >= 4 is 17.1 Å². The number of nitrogens with zero attached hydrogens (tertiary/aromatic N) is 2. The average molecular weight is 316 g/mol. The number of rotatable bonds is 4. The Bertz CT molecular complexity index is 730. The zero-order chi connectivity index (χ0) is 15.8. The number of carbonyl (C=O) groups excluding carboxylic acids is 1. The molecule has 2 aliphatic carbocycles. The molecule has 0 aliphatic heterocycles. The quantitative estimate of drug-likeness (QED) is 0.802. The number of pyridine rings is 1. The lowest BCUT2D eigenvalue weighted by Crippen LogP contribution is -2.20. The molecule has 6 nitrogen and oxygen atoms in total. The summed E-state index contributed by atoms with van der Waals surface area (Å²) in [7, 11) is 1.38. The van der Waals surface area contributed by atoms with Crippen molar-refractivity contribution in [1.29, 1.82) is 0 Å². The van der Waals surface area contributed by atoms with Gasteiger partial charge in [0.1, 0.15) is 11.5 Å². The highest BCUT2D eigenvalue weighted by Gasteiger charge is 2.30. The lowest BCUT2D eigenvalue weighted by Gasteiger charge is -2.21. The molecule has 0 unspecified atom stereocenters. The molecular weight excluding hydrogens is 296 g/mol. The van der Waals surface area contributed by atoms with Crippen molar-refractivity contribution in [2.24, 2.45) is 0 Å². The predicted octanol–water partition coefficient (Wildman–Crippen LogP) is 3.60. The maximum Gasteiger partial charge on any atom is 0.338 e. The molecule has 122 valence electrons. The fourth-order valence-corrected chi connectivity index (χ4v) is 3.22. The molecule has 2 saturated carbocycles. The molecule has 2 fully saturated rings. The second kappa shape index (κ2) is 5.83. The lowest BCUT2D eigenvalue weighted by molar-refractivity contribution is 0.0602. The predicted molar refractivity (Wildman–Crippen MR) is 82.6 cm³/mol. The van der Waals surface area contributed by atoms with Gasteiger partial charge in [-0.25, -0.2) is 9.78 Å². The Balaban J connectivity index is 1.74. The van der Waals surface area contributed by atoms with Crippen LogP contribution in [-0.2, 0) is 4.74 Å². The molecule has 0 spiro atoms. The molecule has 2 heterocycles. The van der Waals surface area contributed by atoms with E-state index >= 15 is 0 Å². The van der Waals surface area contributed by atoms with E-state index in [0.717, 1.165) is 44.2 Å². The Hall–Kier alpha value is -2.11. The van der Waals surface area contributed by atoms with E-state index in [1.54, 1.807) is 6.07 Å². The summed E-state index contributed by atoms with van der Waals surface area (Å²) in [5.74, 6) is 0.369. The number of esters is 1. The first-order valence-electron chi connectivity index (χ1n) is 8.31. The van der Waals surface area contributed by atoms with Gasteiger partial charge < -0.3 is 14.0 Å². The molecule has 2 aromatic heterocycles. The van der Waals surface area contributed by atoms with Crippen LogP contribution in [0, 0.1) is 0 Å². The van der Waals surface area contributed by atoms with Crippen molar-refractivity contribution in [3.05, 3.63) is 17.3 Å². The number of hydrogen-bond donors (Lipinski definition) is 0. The van der Waals surface area contributed by atoms with Crippen molar-refractivity contribution in [3.8, 4) is 5.88 Å². The Morgan fingerprint density at radius 3 is 2.70 bits per heavy atom. The number of fused-ring (bicyclic) bond motifs is 1. The summed E-state index contributed by atoms with van der Waals surface area (Å²) in [6.45, 7) is 0. The molecule has 0 saturated heterocycles. The largest absolute Gasteiger partial charge is 0.472 e. The number of methoxy groups -OCH3 is 1. The minimum Gasteiger partial charge on any atom is -0.472 e. The maximum atomic E-state index is 12.2. The molecule has 0 amide bonds. The number of carbonyl (C=O) groups is 1. The summed E-state index contributed by atoms with van der Waals surface area (Å²) < 4.78 is 16.3. The smallest absolute Gasteiger partial charge is 0.338 e. The summed E-state index contributed by atoms with van der Waals surface area (Å²) >= 11 is 0. The van der Waals surface area contributed by atoms with E-state index in [0.29, 0.717) is 28.5 Å². The van der Waals surface area contributed by atoms with Crippen LogP contribution in [0.4, 0.5) is 0 Å². The summed E-state index contributed by atoms with van der Waals surface area (Å²) in [5.41, 5.74) is 1.67. The molecule has 6 heteroatoms. The average Bonchev–Trinajstić information content (AvgIpc) is 3.37. The first-order valence-corrected chi connectivity index (χ1v) is 8.31. The van der Waals surface area contributed by atoms with E-state index in [2.05, 4.69) is 10.1 Å². The van der Waals surface area contributed by atoms with Gasteiger partial charge in [0.2, 0.25) is 0 Å². The van der Waals surface area contributed by atoms with Crippen LogP contribution in [0.5, 0.6) is 5.88 Å². The third-order valence-electron chi connectivity index (χ3n) is 4.67. The normalized spacial score (nSPS) is 19.0.